The Kier molecular flexibility index (Phi) is 4.24. The Bertz CT molecular complexity index is 724. The highest BCUT2D eigenvalue weighted by Crippen LogP contribution is 2.32. The van der Waals surface area contributed by atoms with Crippen LogP contribution in [0.1, 0.15) is 26.3 Å². The van der Waals surface area contributed by atoms with Crippen molar-refractivity contribution < 1.29 is 0 Å². The fraction of sp³-hybridized carbons (Fsp3) is 0.200. The minimum atomic E-state index is 0.480. The molecule has 1 atom stereocenters. The van der Waals surface area contributed by atoms with E-state index in [2.05, 4.69) is 62.6 Å². The second kappa shape index (κ2) is 5.92. The van der Waals surface area contributed by atoms with Gasteiger partial charge in [-0.1, -0.05) is 82.5 Å². The van der Waals surface area contributed by atoms with E-state index in [0.717, 1.165) is 5.22 Å². The molecule has 0 nitrogen and oxygen atoms in total. The predicted octanol–water partition coefficient (Wildman–Crippen LogP) is 3.99. The summed E-state index contributed by atoms with van der Waals surface area (Å²) in [6.45, 7) is 14.3. The highest BCUT2D eigenvalue weighted by atomic mass is 14.2. The average molecular weight is 262 g/mol. The molecule has 1 unspecified atom stereocenters. The fourth-order valence-corrected chi connectivity index (χ4v) is 2.70. The zero-order valence-corrected chi connectivity index (χ0v) is 12.6. The van der Waals surface area contributed by atoms with E-state index >= 15 is 0 Å². The molecule has 20 heavy (non-hydrogen) atoms. The maximum absolute atomic E-state index is 4.14. The average Bonchev–Trinajstić information content (AvgIpc) is 2.66. The van der Waals surface area contributed by atoms with Gasteiger partial charge in [-0.15, -0.1) is 0 Å². The molecule has 0 bridgehead atoms. The van der Waals surface area contributed by atoms with Crippen molar-refractivity contribution in [2.24, 2.45) is 5.92 Å². The van der Waals surface area contributed by atoms with E-state index in [4.69, 9.17) is 0 Å². The van der Waals surface area contributed by atoms with Gasteiger partial charge in [0.2, 0.25) is 0 Å². The Morgan fingerprint density at radius 3 is 2.35 bits per heavy atom. The Balaban J connectivity index is 0.000000704. The molecule has 0 saturated heterocycles. The van der Waals surface area contributed by atoms with Gasteiger partial charge in [0.1, 0.15) is 0 Å². The number of rotatable bonds is 1. The number of allylic oxidation sites excluding steroid dienone is 7. The first kappa shape index (κ1) is 14.3. The molecule has 2 aliphatic rings. The van der Waals surface area contributed by atoms with Crippen molar-refractivity contribution in [3.05, 3.63) is 76.7 Å². The predicted molar refractivity (Wildman–Crippen MR) is 90.5 cm³/mol. The third-order valence-electron chi connectivity index (χ3n) is 3.63. The zero-order valence-electron chi connectivity index (χ0n) is 12.6. The first-order valence-corrected chi connectivity index (χ1v) is 7.28. The van der Waals surface area contributed by atoms with E-state index in [9.17, 15) is 0 Å². The van der Waals surface area contributed by atoms with Gasteiger partial charge in [0.15, 0.2) is 0 Å². The Labute approximate surface area is 121 Å². The van der Waals surface area contributed by atoms with Crippen LogP contribution in [0.2, 0.25) is 0 Å². The molecule has 0 spiro atoms. The van der Waals surface area contributed by atoms with Crippen LogP contribution in [-0.2, 0) is 0 Å². The molecule has 0 saturated carbocycles. The highest BCUT2D eigenvalue weighted by molar-refractivity contribution is 5.98. The number of hydrogen-bond acceptors (Lipinski definition) is 0. The molecule has 0 aromatic heterocycles. The Morgan fingerprint density at radius 2 is 1.70 bits per heavy atom. The molecule has 102 valence electrons. The van der Waals surface area contributed by atoms with Crippen molar-refractivity contribution in [1.82, 2.24) is 0 Å². The van der Waals surface area contributed by atoms with Gasteiger partial charge >= 0.3 is 0 Å². The fourth-order valence-electron chi connectivity index (χ4n) is 2.70. The van der Waals surface area contributed by atoms with E-state index in [1.807, 2.05) is 19.9 Å². The smallest absolute Gasteiger partial charge is 0.00325 e. The van der Waals surface area contributed by atoms with Gasteiger partial charge in [0.05, 0.1) is 0 Å². The molecule has 3 rings (SSSR count). The lowest BCUT2D eigenvalue weighted by Crippen LogP contribution is -2.26. The molecule has 0 aliphatic heterocycles. The van der Waals surface area contributed by atoms with Crippen LogP contribution in [0, 0.1) is 5.92 Å². The van der Waals surface area contributed by atoms with Crippen LogP contribution in [0.15, 0.2) is 60.7 Å². The third kappa shape index (κ3) is 2.22. The molecule has 1 aromatic carbocycles. The third-order valence-corrected chi connectivity index (χ3v) is 3.63. The highest BCUT2D eigenvalue weighted by Gasteiger charge is 2.19. The van der Waals surface area contributed by atoms with Crippen LogP contribution in [0.5, 0.6) is 0 Å². The minimum Gasteiger partial charge on any atom is -0.0984 e. The lowest BCUT2D eigenvalue weighted by Gasteiger charge is -2.00. The van der Waals surface area contributed by atoms with Gasteiger partial charge in [0.25, 0.3) is 0 Å². The Hall–Kier alpha value is -2.08. The topological polar surface area (TPSA) is 0 Å². The standard InChI is InChI=1S/C18H16.C2H6/c1-4-14-15-10-8-12(2)9-11-16(15)17-7-5-6-13(3)18(14)17;1-2/h4-12H,1,3H2,2H3;1-2H3. The van der Waals surface area contributed by atoms with Crippen LogP contribution in [0.25, 0.3) is 17.7 Å². The summed E-state index contributed by atoms with van der Waals surface area (Å²) in [5.41, 5.74) is 5.06. The van der Waals surface area contributed by atoms with Crippen molar-refractivity contribution >= 4 is 17.7 Å². The lowest BCUT2D eigenvalue weighted by molar-refractivity contribution is 0.942. The van der Waals surface area contributed by atoms with Gasteiger partial charge in [0, 0.05) is 0 Å². The molecular weight excluding hydrogens is 240 g/mol. The van der Waals surface area contributed by atoms with Crippen LogP contribution in [0.3, 0.4) is 0 Å². The number of hydrogen-bond donors (Lipinski definition) is 0. The van der Waals surface area contributed by atoms with E-state index in [1.54, 1.807) is 0 Å². The van der Waals surface area contributed by atoms with E-state index in [0.29, 0.717) is 5.92 Å². The number of fused-ring (bicyclic) bond motifs is 2. The van der Waals surface area contributed by atoms with Gasteiger partial charge in [-0.2, -0.15) is 0 Å². The van der Waals surface area contributed by atoms with Crippen molar-refractivity contribution in [2.75, 3.05) is 0 Å². The minimum absolute atomic E-state index is 0.480. The Morgan fingerprint density at radius 1 is 1.05 bits per heavy atom. The van der Waals surface area contributed by atoms with E-state index in [1.165, 1.54) is 27.5 Å². The van der Waals surface area contributed by atoms with Crippen LogP contribution in [0.4, 0.5) is 0 Å². The molecule has 0 radical (unpaired) electrons. The molecule has 0 fully saturated rings. The van der Waals surface area contributed by atoms with Crippen molar-refractivity contribution in [3.8, 4) is 0 Å². The van der Waals surface area contributed by atoms with Gasteiger partial charge in [-0.25, -0.2) is 0 Å². The monoisotopic (exact) mass is 262 g/mol. The summed E-state index contributed by atoms with van der Waals surface area (Å²) in [5, 5.41) is 2.31. The van der Waals surface area contributed by atoms with Crippen molar-refractivity contribution in [1.29, 1.82) is 0 Å². The van der Waals surface area contributed by atoms with Crippen molar-refractivity contribution in [3.63, 3.8) is 0 Å². The van der Waals surface area contributed by atoms with Crippen LogP contribution < -0.4 is 10.4 Å². The lowest BCUT2D eigenvalue weighted by atomic mass is 10.0. The van der Waals surface area contributed by atoms with Crippen LogP contribution in [-0.4, -0.2) is 0 Å². The molecular formula is C20H22. The molecule has 2 aliphatic carbocycles. The van der Waals surface area contributed by atoms with Gasteiger partial charge in [-0.05, 0) is 38.6 Å². The normalized spacial score (nSPS) is 18.9. The van der Waals surface area contributed by atoms with Gasteiger partial charge < -0.3 is 0 Å². The van der Waals surface area contributed by atoms with Crippen LogP contribution >= 0.6 is 0 Å². The summed E-state index contributed by atoms with van der Waals surface area (Å²) < 4.78 is 0. The molecule has 0 heterocycles. The summed E-state index contributed by atoms with van der Waals surface area (Å²) in [6.07, 6.45) is 10.9. The van der Waals surface area contributed by atoms with Gasteiger partial charge in [-0.3, -0.25) is 0 Å². The summed E-state index contributed by atoms with van der Waals surface area (Å²) in [5.74, 6) is 0.480. The molecule has 0 N–H and O–H groups in total. The SMILES string of the molecule is C=CC1=c2c(cccc2=C)C2=C1C=CC(C)C=C2.CC. The maximum atomic E-state index is 4.14. The van der Waals surface area contributed by atoms with E-state index < -0.39 is 0 Å². The molecule has 1 aromatic rings. The van der Waals surface area contributed by atoms with Crippen molar-refractivity contribution in [2.45, 2.75) is 20.8 Å². The largest absolute Gasteiger partial charge is 0.0984 e. The van der Waals surface area contributed by atoms with E-state index in [-0.39, 0.29) is 0 Å². The maximum Gasteiger partial charge on any atom is -0.00325 e. The quantitative estimate of drug-likeness (QED) is 0.718. The number of benzene rings is 1. The summed E-state index contributed by atoms with van der Waals surface area (Å²) >= 11 is 0. The second-order valence-electron chi connectivity index (χ2n) is 4.86. The summed E-state index contributed by atoms with van der Waals surface area (Å²) in [7, 11) is 0. The first-order valence-electron chi connectivity index (χ1n) is 7.28. The zero-order chi connectivity index (χ0) is 14.7. The first-order chi connectivity index (χ1) is 9.72. The molecule has 0 heteroatoms. The molecule has 0 amide bonds. The summed E-state index contributed by atoms with van der Waals surface area (Å²) in [6, 6.07) is 6.30. The summed E-state index contributed by atoms with van der Waals surface area (Å²) in [4.78, 5) is 0. The second-order valence-corrected chi connectivity index (χ2v) is 4.86.